The summed E-state index contributed by atoms with van der Waals surface area (Å²) in [6, 6.07) is 0. The Morgan fingerprint density at radius 2 is 2.17 bits per heavy atom. The number of amides is 1. The molecule has 12 heavy (non-hydrogen) atoms. The van der Waals surface area contributed by atoms with Crippen LogP contribution in [-0.2, 0) is 15.2 Å². The molecule has 0 radical (unpaired) electrons. The van der Waals surface area contributed by atoms with Gasteiger partial charge >= 0.3 is 16.6 Å². The second-order valence-corrected chi connectivity index (χ2v) is 3.11. The average molecular weight is 195 g/mol. The standard InChI is InChI=1S/C5H6FNO4S/c6-3-5(1-2-5)11-4(8)7-12(9)10/h1-3H2. The Bertz CT molecular complexity index is 310. The molecule has 1 aliphatic rings. The highest BCUT2D eigenvalue weighted by molar-refractivity contribution is 7.62. The lowest BCUT2D eigenvalue weighted by molar-refractivity contribution is 0.0734. The zero-order valence-corrected chi connectivity index (χ0v) is 6.80. The van der Waals surface area contributed by atoms with Crippen molar-refractivity contribution < 1.29 is 22.3 Å². The molecule has 0 unspecified atom stereocenters. The van der Waals surface area contributed by atoms with Gasteiger partial charge in [-0.1, -0.05) is 4.36 Å². The van der Waals surface area contributed by atoms with Gasteiger partial charge in [0.1, 0.15) is 12.3 Å². The molecule has 0 aliphatic heterocycles. The van der Waals surface area contributed by atoms with Crippen LogP contribution in [0.3, 0.4) is 0 Å². The molecule has 7 heteroatoms. The Labute approximate surface area is 69.2 Å². The molecule has 0 N–H and O–H groups in total. The molecule has 0 saturated heterocycles. The van der Waals surface area contributed by atoms with Crippen LogP contribution in [0.25, 0.3) is 0 Å². The number of halogens is 1. The zero-order valence-electron chi connectivity index (χ0n) is 5.99. The van der Waals surface area contributed by atoms with Crippen LogP contribution in [0.15, 0.2) is 4.36 Å². The molecule has 0 aromatic rings. The third-order valence-electron chi connectivity index (χ3n) is 1.50. The fourth-order valence-electron chi connectivity index (χ4n) is 0.667. The molecule has 0 spiro atoms. The summed E-state index contributed by atoms with van der Waals surface area (Å²) in [5, 5.41) is 0. The van der Waals surface area contributed by atoms with Crippen molar-refractivity contribution in [2.75, 3.05) is 6.67 Å². The molecule has 1 amide bonds. The molecule has 0 bridgehead atoms. The van der Waals surface area contributed by atoms with E-state index in [1.54, 1.807) is 0 Å². The van der Waals surface area contributed by atoms with Crippen LogP contribution in [0.5, 0.6) is 0 Å². The summed E-state index contributed by atoms with van der Waals surface area (Å²) in [5.74, 6) is 0. The molecule has 0 aromatic carbocycles. The number of hydrogen-bond donors (Lipinski definition) is 0. The van der Waals surface area contributed by atoms with E-state index in [2.05, 4.69) is 9.10 Å². The maximum atomic E-state index is 12.1. The maximum Gasteiger partial charge on any atom is 0.449 e. The van der Waals surface area contributed by atoms with Crippen LogP contribution < -0.4 is 0 Å². The molecular formula is C5H6FNO4S. The largest absolute Gasteiger partial charge is 0.449 e. The first kappa shape index (κ1) is 9.11. The van der Waals surface area contributed by atoms with Crippen molar-refractivity contribution in [1.82, 2.24) is 0 Å². The summed E-state index contributed by atoms with van der Waals surface area (Å²) in [6.45, 7) is -0.792. The number of ether oxygens (including phenoxy) is 1. The lowest BCUT2D eigenvalue weighted by Crippen LogP contribution is -2.19. The molecule has 1 rings (SSSR count). The number of hydrogen-bond acceptors (Lipinski definition) is 4. The van der Waals surface area contributed by atoms with Crippen molar-refractivity contribution in [2.24, 2.45) is 4.36 Å². The number of alkyl halides is 1. The third-order valence-corrected chi connectivity index (χ3v) is 1.80. The Morgan fingerprint density at radius 1 is 1.58 bits per heavy atom. The van der Waals surface area contributed by atoms with E-state index in [-0.39, 0.29) is 0 Å². The van der Waals surface area contributed by atoms with E-state index in [0.29, 0.717) is 12.8 Å². The first-order valence-electron chi connectivity index (χ1n) is 3.18. The lowest BCUT2D eigenvalue weighted by Gasteiger charge is -2.07. The van der Waals surface area contributed by atoms with Crippen molar-refractivity contribution in [3.05, 3.63) is 0 Å². The quantitative estimate of drug-likeness (QED) is 0.649. The summed E-state index contributed by atoms with van der Waals surface area (Å²) < 4.78 is 38.7. The van der Waals surface area contributed by atoms with Crippen LogP contribution in [0.4, 0.5) is 9.18 Å². The van der Waals surface area contributed by atoms with Gasteiger partial charge in [0, 0.05) is 0 Å². The highest BCUT2D eigenvalue weighted by atomic mass is 32.2. The monoisotopic (exact) mass is 195 g/mol. The fraction of sp³-hybridized carbons (Fsp3) is 0.800. The molecule has 1 aliphatic carbocycles. The Morgan fingerprint density at radius 3 is 2.50 bits per heavy atom. The normalized spacial score (nSPS) is 18.1. The van der Waals surface area contributed by atoms with E-state index in [4.69, 9.17) is 0 Å². The Kier molecular flexibility index (Phi) is 2.41. The minimum atomic E-state index is -2.83. The van der Waals surface area contributed by atoms with Crippen molar-refractivity contribution in [2.45, 2.75) is 18.4 Å². The average Bonchev–Trinajstić information content (AvgIpc) is 2.67. The van der Waals surface area contributed by atoms with E-state index in [9.17, 15) is 17.6 Å². The number of carbonyl (C=O) groups is 1. The van der Waals surface area contributed by atoms with Crippen LogP contribution in [-0.4, -0.2) is 26.8 Å². The van der Waals surface area contributed by atoms with Crippen molar-refractivity contribution in [3.63, 3.8) is 0 Å². The SMILES string of the molecule is O=C(N=S(=O)=O)OC1(CF)CC1. The van der Waals surface area contributed by atoms with Gasteiger partial charge in [0.25, 0.3) is 0 Å². The summed E-state index contributed by atoms with van der Waals surface area (Å²) in [5.41, 5.74) is -1.08. The van der Waals surface area contributed by atoms with Gasteiger partial charge in [0.05, 0.1) is 0 Å². The number of carbonyl (C=O) groups excluding carboxylic acids is 1. The predicted molar refractivity (Wildman–Crippen MR) is 35.8 cm³/mol. The van der Waals surface area contributed by atoms with Crippen LogP contribution in [0.1, 0.15) is 12.8 Å². The number of nitrogens with zero attached hydrogens (tertiary/aromatic N) is 1. The van der Waals surface area contributed by atoms with Gasteiger partial charge in [-0.25, -0.2) is 9.18 Å². The summed E-state index contributed by atoms with van der Waals surface area (Å²) in [6.07, 6.45) is -0.398. The molecule has 0 atom stereocenters. The van der Waals surface area contributed by atoms with E-state index in [0.717, 1.165) is 0 Å². The van der Waals surface area contributed by atoms with Crippen LogP contribution >= 0.6 is 0 Å². The van der Waals surface area contributed by atoms with Crippen LogP contribution in [0, 0.1) is 0 Å². The Hall–Kier alpha value is -0.980. The van der Waals surface area contributed by atoms with E-state index in [1.807, 2.05) is 0 Å². The van der Waals surface area contributed by atoms with E-state index >= 15 is 0 Å². The van der Waals surface area contributed by atoms with E-state index in [1.165, 1.54) is 0 Å². The minimum Gasteiger partial charge on any atom is -0.438 e. The first-order valence-corrected chi connectivity index (χ1v) is 4.21. The molecule has 0 aromatic heterocycles. The topological polar surface area (TPSA) is 72.8 Å². The second-order valence-electron chi connectivity index (χ2n) is 2.49. The van der Waals surface area contributed by atoms with Gasteiger partial charge in [-0.3, -0.25) is 0 Å². The van der Waals surface area contributed by atoms with E-state index < -0.39 is 28.9 Å². The van der Waals surface area contributed by atoms with Gasteiger partial charge in [-0.15, -0.1) is 0 Å². The summed E-state index contributed by atoms with van der Waals surface area (Å²) in [7, 11) is -2.83. The van der Waals surface area contributed by atoms with Gasteiger partial charge in [0.2, 0.25) is 0 Å². The second kappa shape index (κ2) is 3.18. The molecule has 5 nitrogen and oxygen atoms in total. The van der Waals surface area contributed by atoms with Gasteiger partial charge in [-0.05, 0) is 12.8 Å². The maximum absolute atomic E-state index is 12.1. The van der Waals surface area contributed by atoms with Crippen molar-refractivity contribution >= 4 is 16.6 Å². The first-order chi connectivity index (χ1) is 5.58. The molecule has 1 fully saturated rings. The van der Waals surface area contributed by atoms with Crippen LogP contribution in [0.2, 0.25) is 0 Å². The highest BCUT2D eigenvalue weighted by Gasteiger charge is 2.47. The molecular weight excluding hydrogens is 189 g/mol. The number of rotatable bonds is 2. The van der Waals surface area contributed by atoms with Crippen molar-refractivity contribution in [1.29, 1.82) is 0 Å². The lowest BCUT2D eigenvalue weighted by atomic mass is 10.4. The smallest absolute Gasteiger partial charge is 0.438 e. The summed E-state index contributed by atoms with van der Waals surface area (Å²) >= 11 is 0. The summed E-state index contributed by atoms with van der Waals surface area (Å²) in [4.78, 5) is 10.5. The molecule has 1 saturated carbocycles. The van der Waals surface area contributed by atoms with Crippen molar-refractivity contribution in [3.8, 4) is 0 Å². The minimum absolute atomic E-state index is 0.427. The molecule has 68 valence electrons. The van der Waals surface area contributed by atoms with Gasteiger partial charge in [-0.2, -0.15) is 8.42 Å². The fourth-order valence-corrected chi connectivity index (χ4v) is 0.826. The van der Waals surface area contributed by atoms with Gasteiger partial charge < -0.3 is 4.74 Å². The Balaban J connectivity index is 2.53. The zero-order chi connectivity index (χ0) is 9.19. The molecule has 0 heterocycles. The van der Waals surface area contributed by atoms with Gasteiger partial charge in [0.15, 0.2) is 0 Å². The highest BCUT2D eigenvalue weighted by Crippen LogP contribution is 2.40. The third kappa shape index (κ3) is 2.26. The predicted octanol–water partition coefficient (Wildman–Crippen LogP) is 0.688.